The molecule has 7 nitrogen and oxygen atoms in total. The van der Waals surface area contributed by atoms with Gasteiger partial charge in [0.2, 0.25) is 0 Å². The highest BCUT2D eigenvalue weighted by Gasteiger charge is 2.28. The molecule has 1 amide bonds. The molecule has 1 fully saturated rings. The van der Waals surface area contributed by atoms with Crippen molar-refractivity contribution >= 4 is 23.2 Å². The van der Waals surface area contributed by atoms with E-state index in [0.717, 1.165) is 61.5 Å². The molecule has 0 radical (unpaired) electrons. The maximum Gasteiger partial charge on any atom is 0.263 e. The molecule has 8 heteroatoms. The number of allylic oxidation sites excluding steroid dienone is 1. The summed E-state index contributed by atoms with van der Waals surface area (Å²) in [5, 5.41) is 6.19. The number of hydrogen-bond donors (Lipinski definition) is 2. The van der Waals surface area contributed by atoms with Crippen LogP contribution < -0.4 is 25.2 Å². The molecule has 3 heterocycles. The number of carbonyl (C=O) groups excluding carboxylic acids is 1. The van der Waals surface area contributed by atoms with Crippen LogP contribution in [0.5, 0.6) is 5.75 Å². The number of carbonyl (C=O) groups is 1. The topological polar surface area (TPSA) is 69.7 Å². The largest absolute Gasteiger partial charge is 0.480 e. The van der Waals surface area contributed by atoms with Crippen LogP contribution in [0.25, 0.3) is 0 Å². The van der Waals surface area contributed by atoms with E-state index in [1.807, 2.05) is 30.1 Å². The Morgan fingerprint density at radius 3 is 2.97 bits per heavy atom. The fourth-order valence-electron chi connectivity index (χ4n) is 4.82. The van der Waals surface area contributed by atoms with Gasteiger partial charge in [0.25, 0.3) is 5.91 Å². The van der Waals surface area contributed by atoms with Gasteiger partial charge in [-0.3, -0.25) is 4.79 Å². The maximum absolute atomic E-state index is 14.6. The zero-order valence-corrected chi connectivity index (χ0v) is 20.6. The number of hydrogen-bond acceptors (Lipinski definition) is 6. The van der Waals surface area contributed by atoms with E-state index in [1.165, 1.54) is 0 Å². The normalized spacial score (nSPS) is 17.1. The van der Waals surface area contributed by atoms with Crippen molar-refractivity contribution in [3.63, 3.8) is 0 Å². The van der Waals surface area contributed by atoms with E-state index in [1.54, 1.807) is 12.3 Å². The molecule has 1 atom stereocenters. The first-order valence-electron chi connectivity index (χ1n) is 12.2. The van der Waals surface area contributed by atoms with E-state index in [0.29, 0.717) is 29.6 Å². The van der Waals surface area contributed by atoms with Crippen LogP contribution in [0.15, 0.2) is 49.3 Å². The summed E-state index contributed by atoms with van der Waals surface area (Å²) in [6.07, 6.45) is 5.47. The molecule has 4 rings (SSSR count). The first-order valence-corrected chi connectivity index (χ1v) is 12.2. The lowest BCUT2D eigenvalue weighted by Crippen LogP contribution is -2.27. The highest BCUT2D eigenvalue weighted by atomic mass is 19.1. The zero-order chi connectivity index (χ0) is 24.9. The number of aromatic nitrogens is 1. The Labute approximate surface area is 206 Å². The predicted octanol–water partition coefficient (Wildman–Crippen LogP) is 4.60. The van der Waals surface area contributed by atoms with Gasteiger partial charge in [-0.05, 0) is 68.1 Å². The molecule has 0 aliphatic carbocycles. The SMILES string of the molecule is C=CN(C)c1c(CC)ccc(F)c1CNCCCC1CC(=C)N(c2ccc3c(n2)NC(=O)CO3)C1. The van der Waals surface area contributed by atoms with Crippen LogP contribution in [0.3, 0.4) is 0 Å². The van der Waals surface area contributed by atoms with Crippen molar-refractivity contribution in [2.75, 3.05) is 41.9 Å². The average molecular weight is 480 g/mol. The van der Waals surface area contributed by atoms with E-state index in [-0.39, 0.29) is 18.3 Å². The minimum Gasteiger partial charge on any atom is -0.480 e. The second-order valence-corrected chi connectivity index (χ2v) is 9.10. The number of benzene rings is 1. The summed E-state index contributed by atoms with van der Waals surface area (Å²) in [5.41, 5.74) is 3.71. The van der Waals surface area contributed by atoms with Crippen LogP contribution in [-0.2, 0) is 17.8 Å². The summed E-state index contributed by atoms with van der Waals surface area (Å²) in [5.74, 6) is 1.89. The molecule has 0 spiro atoms. The van der Waals surface area contributed by atoms with Crippen molar-refractivity contribution in [2.45, 2.75) is 39.2 Å². The van der Waals surface area contributed by atoms with Crippen LogP contribution in [0.4, 0.5) is 21.7 Å². The zero-order valence-electron chi connectivity index (χ0n) is 20.6. The third-order valence-electron chi connectivity index (χ3n) is 6.67. The summed E-state index contributed by atoms with van der Waals surface area (Å²) in [6.45, 7) is 12.3. The number of anilines is 3. The Morgan fingerprint density at radius 2 is 2.20 bits per heavy atom. The summed E-state index contributed by atoms with van der Waals surface area (Å²) >= 11 is 0. The highest BCUT2D eigenvalue weighted by Crippen LogP contribution is 2.35. The Kier molecular flexibility index (Phi) is 7.70. The lowest BCUT2D eigenvalue weighted by atomic mass is 10.0. The summed E-state index contributed by atoms with van der Waals surface area (Å²) in [6, 6.07) is 7.15. The molecule has 0 saturated carbocycles. The molecule has 0 bridgehead atoms. The number of pyridine rings is 1. The van der Waals surface area contributed by atoms with Crippen LogP contribution in [0.2, 0.25) is 0 Å². The molecule has 2 N–H and O–H groups in total. The number of nitrogens with zero attached hydrogens (tertiary/aromatic N) is 3. The lowest BCUT2D eigenvalue weighted by molar-refractivity contribution is -0.118. The van der Waals surface area contributed by atoms with Crippen molar-refractivity contribution in [3.8, 4) is 5.75 Å². The molecule has 2 aromatic rings. The van der Waals surface area contributed by atoms with Gasteiger partial charge in [-0.25, -0.2) is 9.37 Å². The van der Waals surface area contributed by atoms with Crippen molar-refractivity contribution in [1.82, 2.24) is 10.3 Å². The van der Waals surface area contributed by atoms with Gasteiger partial charge in [0.15, 0.2) is 18.2 Å². The number of rotatable bonds is 10. The second kappa shape index (κ2) is 10.9. The molecule has 35 heavy (non-hydrogen) atoms. The molecule has 2 aliphatic rings. The first kappa shape index (κ1) is 24.7. The van der Waals surface area contributed by atoms with E-state index in [4.69, 9.17) is 4.74 Å². The van der Waals surface area contributed by atoms with Gasteiger partial charge in [-0.2, -0.15) is 0 Å². The Balaban J connectivity index is 1.29. The molecule has 186 valence electrons. The molecule has 1 aromatic carbocycles. The van der Waals surface area contributed by atoms with Gasteiger partial charge in [0.1, 0.15) is 11.6 Å². The highest BCUT2D eigenvalue weighted by molar-refractivity contribution is 5.94. The Bertz CT molecular complexity index is 1120. The van der Waals surface area contributed by atoms with Gasteiger partial charge >= 0.3 is 0 Å². The molecule has 1 aromatic heterocycles. The van der Waals surface area contributed by atoms with Gasteiger partial charge in [0, 0.05) is 31.4 Å². The van der Waals surface area contributed by atoms with Gasteiger partial charge in [0.05, 0.1) is 5.69 Å². The number of ether oxygens (including phenoxy) is 1. The standard InChI is InChI=1S/C27H34FN5O2/c1-5-20-9-10-22(28)21(26(20)32(4)6-2)15-29-13-7-8-19-14-18(3)33(16-19)24-12-11-23-27(30-24)31-25(34)17-35-23/h6,9-12,19,29H,2-3,5,7-8,13-17H2,1,4H3,(H,30,31,34). The number of halogens is 1. The monoisotopic (exact) mass is 479 g/mol. The van der Waals surface area contributed by atoms with Crippen LogP contribution in [0, 0.1) is 11.7 Å². The smallest absolute Gasteiger partial charge is 0.263 e. The number of fused-ring (bicyclic) bond motifs is 1. The summed E-state index contributed by atoms with van der Waals surface area (Å²) in [4.78, 5) is 20.2. The molecular formula is C27H34FN5O2. The number of amides is 1. The van der Waals surface area contributed by atoms with Gasteiger partial charge in [-0.15, -0.1) is 0 Å². The summed E-state index contributed by atoms with van der Waals surface area (Å²) < 4.78 is 20.0. The fraction of sp³-hybridized carbons (Fsp3) is 0.407. The molecule has 1 saturated heterocycles. The van der Waals surface area contributed by atoms with Crippen molar-refractivity contribution in [2.24, 2.45) is 5.92 Å². The van der Waals surface area contributed by atoms with Gasteiger partial charge in [-0.1, -0.05) is 26.1 Å². The van der Waals surface area contributed by atoms with Crippen LogP contribution in [-0.4, -0.2) is 37.6 Å². The first-order chi connectivity index (χ1) is 16.9. The van der Waals surface area contributed by atoms with Crippen molar-refractivity contribution < 1.29 is 13.9 Å². The third-order valence-corrected chi connectivity index (χ3v) is 6.67. The summed E-state index contributed by atoms with van der Waals surface area (Å²) in [7, 11) is 1.90. The predicted molar refractivity (Wildman–Crippen MR) is 138 cm³/mol. The Morgan fingerprint density at radius 1 is 1.37 bits per heavy atom. The quantitative estimate of drug-likeness (QED) is 0.486. The molecule has 1 unspecified atom stereocenters. The lowest BCUT2D eigenvalue weighted by Gasteiger charge is -2.23. The van der Waals surface area contributed by atoms with E-state index in [2.05, 4.69) is 40.6 Å². The molecular weight excluding hydrogens is 445 g/mol. The molecule has 2 aliphatic heterocycles. The fourth-order valence-corrected chi connectivity index (χ4v) is 4.82. The van der Waals surface area contributed by atoms with Gasteiger partial charge < -0.3 is 25.2 Å². The van der Waals surface area contributed by atoms with Crippen molar-refractivity contribution in [3.05, 3.63) is 66.3 Å². The van der Waals surface area contributed by atoms with E-state index in [9.17, 15) is 9.18 Å². The minimum atomic E-state index is -0.197. The Hall–Kier alpha value is -3.39. The third kappa shape index (κ3) is 5.48. The number of aryl methyl sites for hydroxylation is 1. The van der Waals surface area contributed by atoms with E-state index >= 15 is 0 Å². The maximum atomic E-state index is 14.6. The number of nitrogens with one attached hydrogen (secondary N) is 2. The van der Waals surface area contributed by atoms with E-state index < -0.39 is 0 Å². The average Bonchev–Trinajstić information content (AvgIpc) is 3.23. The van der Waals surface area contributed by atoms with Crippen LogP contribution >= 0.6 is 0 Å². The van der Waals surface area contributed by atoms with Crippen LogP contribution in [0.1, 0.15) is 37.3 Å². The minimum absolute atomic E-state index is 0.0174. The second-order valence-electron chi connectivity index (χ2n) is 9.10. The van der Waals surface area contributed by atoms with Crippen molar-refractivity contribution in [1.29, 1.82) is 0 Å².